The largest absolute Gasteiger partial charge is 0.471 e. The van der Waals surface area contributed by atoms with Gasteiger partial charge in [0, 0.05) is 18.4 Å². The number of rotatable bonds is 6. The van der Waals surface area contributed by atoms with Gasteiger partial charge in [0.1, 0.15) is 29.4 Å². The third-order valence-electron chi connectivity index (χ3n) is 11.6. The van der Waals surface area contributed by atoms with E-state index >= 15 is 0 Å². The SMILES string of the molecule is CC1(C)C/C=C/c2cccc(c2)-c2nc3ccccc3nc2O[C@@H]2C[C@@H](C(=O)N[C@]3(C(=O)NS(=O)(=O)C4CC4)C[C@H]3C(F)F)N(C2)C(=O)[C@H](C(C)(C)C)Nc2nnc(o2)C1. The molecule has 2 saturated carbocycles. The second-order valence-electron chi connectivity index (χ2n) is 18.1. The molecule has 15 nitrogen and oxygen atoms in total. The highest BCUT2D eigenvalue weighted by Gasteiger charge is 2.67. The van der Waals surface area contributed by atoms with E-state index in [1.807, 2.05) is 74.0 Å². The Balaban J connectivity index is 1.19. The summed E-state index contributed by atoms with van der Waals surface area (Å²) in [6.07, 6.45) is 1.32. The molecule has 3 amide bonds. The molecule has 2 aromatic carbocycles. The molecule has 6 bridgehead atoms. The summed E-state index contributed by atoms with van der Waals surface area (Å²) in [5, 5.41) is 13.2. The number of alkyl halides is 2. The van der Waals surface area contributed by atoms with Crippen molar-refractivity contribution in [3.05, 3.63) is 66.1 Å². The van der Waals surface area contributed by atoms with Gasteiger partial charge in [0.15, 0.2) is 0 Å². The van der Waals surface area contributed by atoms with Crippen LogP contribution >= 0.6 is 0 Å². The van der Waals surface area contributed by atoms with Gasteiger partial charge in [0.05, 0.1) is 28.7 Å². The Kier molecular flexibility index (Phi) is 10.4. The summed E-state index contributed by atoms with van der Waals surface area (Å²) in [5.74, 6) is -3.87. The summed E-state index contributed by atoms with van der Waals surface area (Å²) < 4.78 is 68.6. The Morgan fingerprint density at radius 1 is 1.03 bits per heavy atom. The number of aromatic nitrogens is 4. The molecule has 2 aliphatic carbocycles. The fourth-order valence-electron chi connectivity index (χ4n) is 7.93. The number of carbonyl (C=O) groups is 3. The van der Waals surface area contributed by atoms with Crippen molar-refractivity contribution in [2.24, 2.45) is 16.7 Å². The first-order valence-electron chi connectivity index (χ1n) is 20.1. The van der Waals surface area contributed by atoms with Gasteiger partial charge in [-0.25, -0.2) is 27.2 Å². The van der Waals surface area contributed by atoms with E-state index in [0.717, 1.165) is 5.56 Å². The average molecular weight is 847 g/mol. The molecule has 3 N–H and O–H groups in total. The number of para-hydroxylation sites is 2. The molecule has 2 aromatic heterocycles. The summed E-state index contributed by atoms with van der Waals surface area (Å²) in [7, 11) is -4.14. The predicted octanol–water partition coefficient (Wildman–Crippen LogP) is 5.29. The summed E-state index contributed by atoms with van der Waals surface area (Å²) in [6, 6.07) is 12.6. The monoisotopic (exact) mass is 846 g/mol. The van der Waals surface area contributed by atoms with Crippen molar-refractivity contribution in [2.45, 2.75) is 109 Å². The second kappa shape index (κ2) is 15.2. The third-order valence-corrected chi connectivity index (χ3v) is 13.4. The van der Waals surface area contributed by atoms with Crippen LogP contribution in [0.25, 0.3) is 28.4 Å². The number of sulfonamides is 1. The van der Waals surface area contributed by atoms with Crippen LogP contribution in [-0.4, -0.2) is 93.2 Å². The van der Waals surface area contributed by atoms with Crippen molar-refractivity contribution in [3.8, 4) is 17.1 Å². The van der Waals surface area contributed by atoms with E-state index < -0.39 is 80.9 Å². The number of nitrogens with zero attached hydrogens (tertiary/aromatic N) is 5. The van der Waals surface area contributed by atoms with E-state index in [0.29, 0.717) is 53.9 Å². The van der Waals surface area contributed by atoms with Crippen molar-refractivity contribution in [1.29, 1.82) is 0 Å². The molecule has 5 atom stereocenters. The number of ether oxygens (including phenoxy) is 1. The van der Waals surface area contributed by atoms with E-state index in [9.17, 15) is 31.6 Å². The van der Waals surface area contributed by atoms with Crippen molar-refractivity contribution >= 4 is 50.9 Å². The van der Waals surface area contributed by atoms with Crippen molar-refractivity contribution < 1.29 is 40.7 Å². The van der Waals surface area contributed by atoms with Crippen LogP contribution < -0.4 is 20.1 Å². The lowest BCUT2D eigenvalue weighted by atomic mass is 9.85. The van der Waals surface area contributed by atoms with Gasteiger partial charge in [0.2, 0.25) is 40.0 Å². The van der Waals surface area contributed by atoms with Crippen LogP contribution in [0, 0.1) is 16.7 Å². The highest BCUT2D eigenvalue weighted by atomic mass is 32.2. The minimum atomic E-state index is -4.14. The number of benzene rings is 2. The molecule has 4 aliphatic rings. The number of allylic oxidation sites excluding steroid dienone is 1. The number of amides is 3. The average Bonchev–Trinajstić information content (AvgIpc) is 4.08. The zero-order chi connectivity index (χ0) is 42.8. The molecule has 2 aliphatic heterocycles. The molecule has 4 heterocycles. The number of anilines is 1. The van der Waals surface area contributed by atoms with Crippen molar-refractivity contribution in [2.75, 3.05) is 11.9 Å². The van der Waals surface area contributed by atoms with Crippen molar-refractivity contribution in [1.82, 2.24) is 35.1 Å². The molecule has 8 rings (SSSR count). The molecule has 60 heavy (non-hydrogen) atoms. The minimum Gasteiger partial charge on any atom is -0.471 e. The molecule has 318 valence electrons. The van der Waals surface area contributed by atoms with Gasteiger partial charge in [-0.2, -0.15) is 0 Å². The first kappa shape index (κ1) is 41.2. The van der Waals surface area contributed by atoms with Crippen LogP contribution in [0.3, 0.4) is 0 Å². The molecular weight excluding hydrogens is 799 g/mol. The molecule has 0 radical (unpaired) electrons. The lowest BCUT2D eigenvalue weighted by Crippen LogP contribution is -2.59. The standard InChI is InChI=1S/C42H48F2N8O7S/c1-40(2,3)33-37(54)52-22-25(19-30(52)35(53)48-42(20-27(42)34(43)44)38(55)51-60(56,57)26-15-16-26)58-36-32(45-28-13-6-7-14-29(28)46-36)24-12-8-10-23(18-24)11-9-17-41(4,5)21-31-49-50-39(47-33)59-31/h6-14,18,25-27,30,33-34H,15-17,19-22H2,1-5H3,(H,47,50)(H,48,53)(H,51,55)/b11-9+/t25-,27+,30+,33-,42-/m1/s1. The van der Waals surface area contributed by atoms with Crippen LogP contribution in [0.2, 0.25) is 0 Å². The Hall–Kier alpha value is -5.52. The van der Waals surface area contributed by atoms with Crippen LogP contribution in [0.4, 0.5) is 14.8 Å². The van der Waals surface area contributed by atoms with Crippen molar-refractivity contribution in [3.63, 3.8) is 0 Å². The topological polar surface area (TPSA) is 199 Å². The molecule has 1 saturated heterocycles. The highest BCUT2D eigenvalue weighted by molar-refractivity contribution is 7.91. The van der Waals surface area contributed by atoms with Gasteiger partial charge in [0.25, 0.3) is 5.91 Å². The number of fused-ring (bicyclic) bond motifs is 9. The Labute approximate surface area is 346 Å². The Morgan fingerprint density at radius 2 is 1.77 bits per heavy atom. The smallest absolute Gasteiger partial charge is 0.316 e. The number of nitrogens with one attached hydrogen (secondary N) is 3. The van der Waals surface area contributed by atoms with Gasteiger partial charge >= 0.3 is 6.01 Å². The maximum Gasteiger partial charge on any atom is 0.316 e. The van der Waals surface area contributed by atoms with Crippen LogP contribution in [0.1, 0.15) is 78.2 Å². The highest BCUT2D eigenvalue weighted by Crippen LogP contribution is 2.48. The van der Waals surface area contributed by atoms with E-state index in [-0.39, 0.29) is 30.3 Å². The second-order valence-corrected chi connectivity index (χ2v) is 20.1. The van der Waals surface area contributed by atoms with Gasteiger partial charge in [-0.3, -0.25) is 19.1 Å². The van der Waals surface area contributed by atoms with Crippen LogP contribution in [0.5, 0.6) is 5.88 Å². The third kappa shape index (κ3) is 8.43. The molecular formula is C42H48F2N8O7S. The first-order valence-corrected chi connectivity index (χ1v) is 21.6. The van der Waals surface area contributed by atoms with E-state index in [1.165, 1.54) is 4.90 Å². The summed E-state index contributed by atoms with van der Waals surface area (Å²) in [4.78, 5) is 54.0. The predicted molar refractivity (Wildman–Crippen MR) is 217 cm³/mol. The van der Waals surface area contributed by atoms with Gasteiger partial charge in [-0.15, -0.1) is 5.10 Å². The molecule has 0 unspecified atom stereocenters. The first-order chi connectivity index (χ1) is 28.3. The fourth-order valence-corrected chi connectivity index (χ4v) is 9.30. The summed E-state index contributed by atoms with van der Waals surface area (Å²) >= 11 is 0. The quantitative estimate of drug-likeness (QED) is 0.227. The minimum absolute atomic E-state index is 0.00911. The number of hydrogen-bond acceptors (Lipinski definition) is 12. The summed E-state index contributed by atoms with van der Waals surface area (Å²) in [6.45, 7) is 9.44. The molecule has 18 heteroatoms. The van der Waals surface area contributed by atoms with Crippen LogP contribution in [0.15, 0.2) is 59.0 Å². The van der Waals surface area contributed by atoms with E-state index in [4.69, 9.17) is 19.1 Å². The normalized spacial score (nSPS) is 26.1. The molecule has 0 spiro atoms. The number of halogens is 2. The number of hydrogen-bond donors (Lipinski definition) is 3. The van der Waals surface area contributed by atoms with Crippen LogP contribution in [-0.2, 0) is 30.8 Å². The van der Waals surface area contributed by atoms with E-state index in [1.54, 1.807) is 6.07 Å². The maximum absolute atomic E-state index is 14.9. The Bertz CT molecular complexity index is 2480. The lowest BCUT2D eigenvalue weighted by Gasteiger charge is -2.35. The van der Waals surface area contributed by atoms with Gasteiger partial charge in [-0.1, -0.05) is 82.2 Å². The Morgan fingerprint density at radius 3 is 2.45 bits per heavy atom. The zero-order valence-electron chi connectivity index (χ0n) is 33.9. The number of carbonyl (C=O) groups excluding carboxylic acids is 3. The fraction of sp³-hybridized carbons (Fsp3) is 0.500. The summed E-state index contributed by atoms with van der Waals surface area (Å²) in [5.41, 5.74) is -0.138. The molecule has 3 fully saturated rings. The van der Waals surface area contributed by atoms with Gasteiger partial charge < -0.3 is 24.7 Å². The molecule has 4 aromatic rings. The lowest BCUT2D eigenvalue weighted by molar-refractivity contribution is -0.141. The van der Waals surface area contributed by atoms with E-state index in [2.05, 4.69) is 40.8 Å². The maximum atomic E-state index is 14.9. The zero-order valence-corrected chi connectivity index (χ0v) is 34.8. The van der Waals surface area contributed by atoms with Gasteiger partial charge in [-0.05, 0) is 60.3 Å².